The molecule has 1 saturated heterocycles. The van der Waals surface area contributed by atoms with Crippen molar-refractivity contribution in [1.82, 2.24) is 8.61 Å². The number of hydrogen-bond acceptors (Lipinski definition) is 5. The van der Waals surface area contributed by atoms with Crippen LogP contribution in [0.2, 0.25) is 0 Å². The average Bonchev–Trinajstić information content (AvgIpc) is 2.65. The van der Waals surface area contributed by atoms with Crippen LogP contribution in [0, 0.1) is 5.92 Å². The van der Waals surface area contributed by atoms with Crippen LogP contribution in [-0.2, 0) is 24.8 Å². The fourth-order valence-electron chi connectivity index (χ4n) is 3.09. The Bertz CT molecular complexity index is 882. The highest BCUT2D eigenvalue weighted by Crippen LogP contribution is 2.22. The molecule has 1 aromatic carbocycles. The summed E-state index contributed by atoms with van der Waals surface area (Å²) in [7, 11) is -5.32. The van der Waals surface area contributed by atoms with Crippen molar-refractivity contribution in [1.29, 1.82) is 0 Å². The van der Waals surface area contributed by atoms with Gasteiger partial charge in [0.1, 0.15) is 0 Å². The Hall–Kier alpha value is -1.49. The van der Waals surface area contributed by atoms with Crippen molar-refractivity contribution in [2.75, 3.05) is 38.3 Å². The lowest BCUT2D eigenvalue weighted by Gasteiger charge is -2.30. The second kappa shape index (κ2) is 9.34. The first-order valence-electron chi connectivity index (χ1n) is 9.38. The van der Waals surface area contributed by atoms with Gasteiger partial charge in [0.15, 0.2) is 0 Å². The number of benzene rings is 1. The number of sulfonamides is 2. The molecule has 1 aliphatic rings. The van der Waals surface area contributed by atoms with Gasteiger partial charge in [-0.2, -0.15) is 0 Å². The quantitative estimate of drug-likeness (QED) is 0.675. The topological polar surface area (TPSA) is 104 Å². The summed E-state index contributed by atoms with van der Waals surface area (Å²) in [6, 6.07) is 6.04. The van der Waals surface area contributed by atoms with E-state index in [0.717, 1.165) is 19.1 Å². The Labute approximate surface area is 168 Å². The Balaban J connectivity index is 2.03. The number of unbranched alkanes of at least 4 members (excludes halogenated alkanes) is 1. The van der Waals surface area contributed by atoms with E-state index in [1.54, 1.807) is 19.2 Å². The van der Waals surface area contributed by atoms with Gasteiger partial charge < -0.3 is 5.32 Å². The molecule has 1 atom stereocenters. The van der Waals surface area contributed by atoms with E-state index in [-0.39, 0.29) is 17.3 Å². The second-order valence-corrected chi connectivity index (χ2v) is 11.2. The van der Waals surface area contributed by atoms with Gasteiger partial charge in [0.2, 0.25) is 26.0 Å². The molecule has 1 fully saturated rings. The van der Waals surface area contributed by atoms with E-state index < -0.39 is 26.0 Å². The maximum Gasteiger partial charge on any atom is 0.242 e. The molecule has 0 radical (unpaired) electrons. The number of carbonyl (C=O) groups is 1. The van der Waals surface area contributed by atoms with Crippen molar-refractivity contribution < 1.29 is 21.6 Å². The molecule has 0 aliphatic carbocycles. The monoisotopic (exact) mass is 431 g/mol. The maximum absolute atomic E-state index is 12.5. The minimum absolute atomic E-state index is 0.166. The fourth-order valence-corrected chi connectivity index (χ4v) is 5.21. The van der Waals surface area contributed by atoms with Gasteiger partial charge >= 0.3 is 0 Å². The molecule has 1 aliphatic heterocycles. The molecule has 0 bridgehead atoms. The molecule has 0 spiro atoms. The van der Waals surface area contributed by atoms with Crippen molar-refractivity contribution in [3.63, 3.8) is 0 Å². The van der Waals surface area contributed by atoms with Crippen molar-refractivity contribution in [3.05, 3.63) is 24.3 Å². The van der Waals surface area contributed by atoms with Crippen LogP contribution in [0.5, 0.6) is 0 Å². The first kappa shape index (κ1) is 22.8. The SMILES string of the molecule is CCCCN(C)S(=O)(=O)c1ccc(NC(=O)C2CCCN(S(C)(=O)=O)C2)cc1. The molecule has 0 aromatic heterocycles. The normalized spacial score (nSPS) is 18.9. The third kappa shape index (κ3) is 5.76. The number of hydrogen-bond donors (Lipinski definition) is 1. The molecule has 158 valence electrons. The lowest BCUT2D eigenvalue weighted by Crippen LogP contribution is -2.43. The molecular formula is C18H29N3O5S2. The largest absolute Gasteiger partial charge is 0.326 e. The summed E-state index contributed by atoms with van der Waals surface area (Å²) in [5.74, 6) is -0.684. The van der Waals surface area contributed by atoms with Gasteiger partial charge in [0.05, 0.1) is 17.1 Å². The zero-order chi connectivity index (χ0) is 20.9. The number of carbonyl (C=O) groups excluding carboxylic acids is 1. The summed E-state index contributed by atoms with van der Waals surface area (Å²) in [6.07, 6.45) is 4.08. The van der Waals surface area contributed by atoms with Crippen molar-refractivity contribution in [3.8, 4) is 0 Å². The Kier molecular flexibility index (Phi) is 7.60. The van der Waals surface area contributed by atoms with E-state index in [1.165, 1.54) is 20.7 Å². The van der Waals surface area contributed by atoms with Gasteiger partial charge in [0.25, 0.3) is 0 Å². The molecular weight excluding hydrogens is 402 g/mol. The van der Waals surface area contributed by atoms with Crippen LogP contribution < -0.4 is 5.32 Å². The van der Waals surface area contributed by atoms with Crippen molar-refractivity contribution in [2.24, 2.45) is 5.92 Å². The van der Waals surface area contributed by atoms with E-state index in [0.29, 0.717) is 31.6 Å². The standard InChI is InChI=1S/C18H29N3O5S2/c1-4-5-12-20(2)28(25,26)17-10-8-16(9-11-17)19-18(22)15-7-6-13-21(14-15)27(3,23)24/h8-11,15H,4-7,12-14H2,1-3H3,(H,19,22). The van der Waals surface area contributed by atoms with Gasteiger partial charge in [-0.1, -0.05) is 13.3 Å². The van der Waals surface area contributed by atoms with Gasteiger partial charge in [0, 0.05) is 32.4 Å². The van der Waals surface area contributed by atoms with Crippen LogP contribution >= 0.6 is 0 Å². The molecule has 1 heterocycles. The lowest BCUT2D eigenvalue weighted by atomic mass is 9.99. The van der Waals surface area contributed by atoms with Crippen LogP contribution in [0.25, 0.3) is 0 Å². The van der Waals surface area contributed by atoms with Crippen LogP contribution in [-0.4, -0.2) is 64.3 Å². The molecule has 1 N–H and O–H groups in total. The zero-order valence-corrected chi connectivity index (χ0v) is 18.2. The number of rotatable bonds is 8. The highest BCUT2D eigenvalue weighted by atomic mass is 32.2. The van der Waals surface area contributed by atoms with Gasteiger partial charge in [-0.25, -0.2) is 25.4 Å². The lowest BCUT2D eigenvalue weighted by molar-refractivity contribution is -0.120. The third-order valence-corrected chi connectivity index (χ3v) is 8.02. The summed E-state index contributed by atoms with van der Waals surface area (Å²) >= 11 is 0. The minimum Gasteiger partial charge on any atom is -0.326 e. The highest BCUT2D eigenvalue weighted by Gasteiger charge is 2.30. The number of amides is 1. The molecule has 8 nitrogen and oxygen atoms in total. The van der Waals surface area contributed by atoms with Gasteiger partial charge in [-0.05, 0) is 43.5 Å². The van der Waals surface area contributed by atoms with Crippen LogP contribution in [0.1, 0.15) is 32.6 Å². The van der Waals surface area contributed by atoms with E-state index in [9.17, 15) is 21.6 Å². The van der Waals surface area contributed by atoms with Crippen LogP contribution in [0.4, 0.5) is 5.69 Å². The summed E-state index contributed by atoms with van der Waals surface area (Å²) in [4.78, 5) is 12.7. The number of nitrogens with zero attached hydrogens (tertiary/aromatic N) is 2. The zero-order valence-electron chi connectivity index (χ0n) is 16.6. The van der Waals surface area contributed by atoms with Gasteiger partial charge in [-0.3, -0.25) is 4.79 Å². The molecule has 2 rings (SSSR count). The van der Waals surface area contributed by atoms with E-state index in [2.05, 4.69) is 5.32 Å². The van der Waals surface area contributed by atoms with Gasteiger partial charge in [-0.15, -0.1) is 0 Å². The Morgan fingerprint density at radius 1 is 1.21 bits per heavy atom. The maximum atomic E-state index is 12.5. The number of nitrogens with one attached hydrogen (secondary N) is 1. The summed E-state index contributed by atoms with van der Waals surface area (Å²) < 4.78 is 51.1. The fraction of sp³-hybridized carbons (Fsp3) is 0.611. The number of anilines is 1. The Morgan fingerprint density at radius 2 is 1.86 bits per heavy atom. The van der Waals surface area contributed by atoms with Crippen molar-refractivity contribution in [2.45, 2.75) is 37.5 Å². The average molecular weight is 432 g/mol. The van der Waals surface area contributed by atoms with Crippen LogP contribution in [0.15, 0.2) is 29.2 Å². The molecule has 1 aromatic rings. The molecule has 1 amide bonds. The predicted molar refractivity (Wildman–Crippen MR) is 109 cm³/mol. The molecule has 28 heavy (non-hydrogen) atoms. The summed E-state index contributed by atoms with van der Waals surface area (Å²) in [5, 5.41) is 2.76. The molecule has 0 saturated carbocycles. The third-order valence-electron chi connectivity index (χ3n) is 4.88. The minimum atomic E-state index is -3.55. The highest BCUT2D eigenvalue weighted by molar-refractivity contribution is 7.89. The Morgan fingerprint density at radius 3 is 2.43 bits per heavy atom. The first-order valence-corrected chi connectivity index (χ1v) is 12.7. The first-order chi connectivity index (χ1) is 13.1. The second-order valence-electron chi connectivity index (χ2n) is 7.15. The molecule has 10 heteroatoms. The summed E-state index contributed by atoms with van der Waals surface area (Å²) in [6.45, 7) is 3.05. The van der Waals surface area contributed by atoms with E-state index in [1.807, 2.05) is 6.92 Å². The van der Waals surface area contributed by atoms with Crippen molar-refractivity contribution >= 4 is 31.6 Å². The van der Waals surface area contributed by atoms with E-state index >= 15 is 0 Å². The smallest absolute Gasteiger partial charge is 0.242 e. The molecule has 1 unspecified atom stereocenters. The number of piperidine rings is 1. The van der Waals surface area contributed by atoms with E-state index in [4.69, 9.17) is 0 Å². The predicted octanol–water partition coefficient (Wildman–Crippen LogP) is 1.72. The summed E-state index contributed by atoms with van der Waals surface area (Å²) in [5.41, 5.74) is 0.483. The van der Waals surface area contributed by atoms with Crippen LogP contribution in [0.3, 0.4) is 0 Å².